The summed E-state index contributed by atoms with van der Waals surface area (Å²) in [6, 6.07) is 31.8. The molecule has 4 heterocycles. The van der Waals surface area contributed by atoms with Crippen LogP contribution in [-0.2, 0) is 114 Å². The summed E-state index contributed by atoms with van der Waals surface area (Å²) in [6.07, 6.45) is 7.96. The Morgan fingerprint density at radius 2 is 0.889 bits per heavy atom. The van der Waals surface area contributed by atoms with Crippen LogP contribution in [0.4, 0.5) is 22.7 Å². The highest BCUT2D eigenvalue weighted by molar-refractivity contribution is 7.85. The molecule has 0 saturated heterocycles. The number of para-hydroxylation sites is 2. The van der Waals surface area contributed by atoms with Gasteiger partial charge in [0.2, 0.25) is 23.6 Å². The maximum Gasteiger partial charge on any atom is 0.305 e. The molecule has 0 aromatic heterocycles. The van der Waals surface area contributed by atoms with Gasteiger partial charge in [0, 0.05) is 96.3 Å². The molecule has 0 fully saturated rings. The highest BCUT2D eigenvalue weighted by atomic mass is 32.2. The van der Waals surface area contributed by atoms with Crippen LogP contribution in [0.5, 0.6) is 23.0 Å². The number of aliphatic hydroxyl groups excluding tert-OH is 1. The van der Waals surface area contributed by atoms with Crippen molar-refractivity contribution in [3.05, 3.63) is 165 Å². The largest absolute Gasteiger partial charge is 0.493 e. The Morgan fingerprint density at radius 3 is 1.29 bits per heavy atom. The summed E-state index contributed by atoms with van der Waals surface area (Å²) in [5.41, 5.74) is 10.1. The van der Waals surface area contributed by atoms with Crippen molar-refractivity contribution in [2.24, 2.45) is 11.8 Å². The molecule has 0 aliphatic carbocycles. The Labute approximate surface area is 629 Å². The Morgan fingerprint density at radius 1 is 0.500 bits per heavy atom. The lowest BCUT2D eigenvalue weighted by Gasteiger charge is -2.23. The van der Waals surface area contributed by atoms with E-state index in [0.717, 1.165) is 60.0 Å². The number of aryl methyl sites for hydroxylation is 2. The number of ether oxygens (including phenoxy) is 6. The van der Waals surface area contributed by atoms with Crippen molar-refractivity contribution in [1.29, 1.82) is 0 Å². The summed E-state index contributed by atoms with van der Waals surface area (Å²) in [5.74, 6) is -2.72. The second-order valence-electron chi connectivity index (χ2n) is 27.8. The van der Waals surface area contributed by atoms with Gasteiger partial charge >= 0.3 is 11.9 Å². The molecule has 0 unspecified atom stereocenters. The fraction of sp³-hybridized carbons (Fsp3) is 0.432. The van der Waals surface area contributed by atoms with E-state index in [1.807, 2.05) is 58.3 Å². The number of fused-ring (bicyclic) bond motifs is 8. The number of carbonyl (C=O) groups is 10. The van der Waals surface area contributed by atoms with Gasteiger partial charge in [-0.3, -0.25) is 52.1 Å². The van der Waals surface area contributed by atoms with Crippen molar-refractivity contribution in [2.45, 2.75) is 181 Å². The minimum Gasteiger partial charge on any atom is -0.493 e. The van der Waals surface area contributed by atoms with Gasteiger partial charge in [-0.1, -0.05) is 50.2 Å². The molecule has 6 amide bonds. The van der Waals surface area contributed by atoms with Gasteiger partial charge < -0.3 is 64.6 Å². The molecule has 4 aliphatic rings. The zero-order valence-electron chi connectivity index (χ0n) is 62.5. The second-order valence-corrected chi connectivity index (χ2v) is 29.4. The molecule has 5 N–H and O–H groups in total. The fourth-order valence-electron chi connectivity index (χ4n) is 13.7. The highest BCUT2D eigenvalue weighted by Crippen LogP contribution is 2.43. The molecule has 6 aromatic carbocycles. The number of unbranched alkanes of at least 4 members (excludes halogenated alkanes) is 2. The summed E-state index contributed by atoms with van der Waals surface area (Å²) in [4.78, 5) is 131. The number of ketones is 2. The number of esters is 2. The second kappa shape index (κ2) is 37.8. The summed E-state index contributed by atoms with van der Waals surface area (Å²) in [5, 5.41) is 20.9. The van der Waals surface area contributed by atoms with E-state index in [1.165, 1.54) is 34.0 Å². The lowest BCUT2D eigenvalue weighted by molar-refractivity contribution is -0.141. The van der Waals surface area contributed by atoms with Gasteiger partial charge in [0.15, 0.2) is 34.6 Å². The Hall–Kier alpha value is -10.5. The van der Waals surface area contributed by atoms with Gasteiger partial charge in [-0.2, -0.15) is 8.42 Å². The van der Waals surface area contributed by atoms with Crippen molar-refractivity contribution in [3.63, 3.8) is 0 Å². The average molecular weight is 1510 g/mol. The number of amides is 6. The molecule has 0 spiro atoms. The Bertz CT molecular complexity index is 4460. The maximum atomic E-state index is 13.9. The van der Waals surface area contributed by atoms with Crippen LogP contribution in [0.2, 0.25) is 0 Å². The van der Waals surface area contributed by atoms with Crippen LogP contribution in [0.1, 0.15) is 170 Å². The van der Waals surface area contributed by atoms with E-state index in [-0.39, 0.29) is 124 Å². The van der Waals surface area contributed by atoms with E-state index in [9.17, 15) is 61.5 Å². The lowest BCUT2D eigenvalue weighted by atomic mass is 9.99. The van der Waals surface area contributed by atoms with Crippen LogP contribution in [-0.4, -0.2) is 131 Å². The van der Waals surface area contributed by atoms with Crippen LogP contribution in [0.3, 0.4) is 0 Å². The first-order valence-electron chi connectivity index (χ1n) is 36.3. The highest BCUT2D eigenvalue weighted by Gasteiger charge is 2.40. The predicted molar refractivity (Wildman–Crippen MR) is 402 cm³/mol. The summed E-state index contributed by atoms with van der Waals surface area (Å²) in [7, 11) is 1.85. The first-order valence-corrected chi connectivity index (χ1v) is 38.1. The van der Waals surface area contributed by atoms with Crippen molar-refractivity contribution >= 4 is 91.8 Å². The normalized spacial score (nSPS) is 15.7. The van der Waals surface area contributed by atoms with E-state index in [4.69, 9.17) is 23.1 Å². The smallest absolute Gasteiger partial charge is 0.305 e. The number of nitrogens with one attached hydrogen (secondary N) is 4. The predicted octanol–water partition coefficient (Wildman–Crippen LogP) is 10.1. The molecule has 0 saturated carbocycles. The maximum absolute atomic E-state index is 13.9. The molecule has 6 atom stereocenters. The molecule has 576 valence electrons. The first kappa shape index (κ1) is 81.6. The van der Waals surface area contributed by atoms with E-state index < -0.39 is 45.9 Å². The van der Waals surface area contributed by atoms with Crippen molar-refractivity contribution < 1.29 is 94.1 Å². The van der Waals surface area contributed by atoms with Gasteiger partial charge in [-0.25, -0.2) is 0 Å². The Kier molecular flexibility index (Phi) is 28.6. The number of rotatable bonds is 34. The minimum absolute atomic E-state index is 0.00521. The third-order valence-electron chi connectivity index (χ3n) is 19.5. The number of anilines is 4. The number of hydrogen-bond donors (Lipinski definition) is 5. The number of Topliss-reactive ketones (excluding diaryl/α,β-unsaturated/α-hetero) is 2. The van der Waals surface area contributed by atoms with Crippen LogP contribution in [0.25, 0.3) is 0 Å². The molecule has 0 radical (unpaired) electrons. The minimum atomic E-state index is -3.78. The van der Waals surface area contributed by atoms with E-state index >= 15 is 0 Å². The molecule has 6 aromatic rings. The van der Waals surface area contributed by atoms with E-state index in [1.54, 1.807) is 76.2 Å². The number of carbonyl (C=O) groups excluding carboxylic acids is 10. The van der Waals surface area contributed by atoms with Gasteiger partial charge in [0.1, 0.15) is 13.2 Å². The molecule has 4 aliphatic heterocycles. The SMILES string of the molecule is COC(=O)CCCCC(=O)N[C@@H](C)C(=O)C[C@@H](C)C(=O)Nc1cc(CO)cc(COc2cc3c(cc2OC)C(=O)N2c4ccccc4C[C@H]2CC3)c1.COC(=O)CCCCC(=O)N[C@@H](C)C(=O)C[C@@H](C)C(=O)Nc1cc(COc2cc3c(cc2OC)C(=O)N2c4ccccc4C[C@H]2CC3)cc(COS(C)(=O)=O)c1. The monoisotopic (exact) mass is 1500 g/mol. The number of nitrogens with zero attached hydrogens (tertiary/aromatic N) is 2. The van der Waals surface area contributed by atoms with Gasteiger partial charge in [-0.05, 0) is 195 Å². The van der Waals surface area contributed by atoms with Crippen LogP contribution in [0.15, 0.2) is 109 Å². The molecule has 108 heavy (non-hydrogen) atoms. The standard InChI is InChI=1S/C41H49N3O11S.C40H47N3O9/c1-25(16-35(45)26(2)42-38(46)12-8-9-13-39(47)53-4)40(48)43-31-18-27(17-28(19-31)24-55-56(5,50)51)23-54-37-21-29-14-15-32-20-30-10-6-7-11-34(30)44(32)41(49)33(29)22-36(37)52-3;1-24(15-34(45)25(2)41-37(46)11-7-8-12-38(47)51-4)39(48)42-30-17-26(22-44)16-27(18-30)23-52-36-20-28-13-14-31-19-29-9-5-6-10-33(29)43(31)40(49)32(28)21-35(36)50-3/h6-7,10-11,17-19,21-22,25-26,32H,8-9,12-16,20,23-24H2,1-5H3,(H,42,46)(H,43,48);5-6,9-10,16-18,20-21,24-25,31,44H,7-8,11-15,19,22-23H2,1-4H3,(H,41,46)(H,42,48)/t25-,26+,32-;24-,25+,31-/m11/s1. The zero-order chi connectivity index (χ0) is 77.9. The van der Waals surface area contributed by atoms with Gasteiger partial charge in [0.05, 0.1) is 60.0 Å². The fourth-order valence-corrected chi connectivity index (χ4v) is 14.0. The topological polar surface area (TPSA) is 344 Å². The Balaban J connectivity index is 0.000000250. The molecular formula is C81H96N6O20S. The van der Waals surface area contributed by atoms with Gasteiger partial charge in [0.25, 0.3) is 21.9 Å². The van der Waals surface area contributed by atoms with Gasteiger partial charge in [-0.15, -0.1) is 0 Å². The number of benzene rings is 6. The third kappa shape index (κ3) is 21.9. The van der Waals surface area contributed by atoms with Crippen molar-refractivity contribution in [1.82, 2.24) is 10.6 Å². The number of aliphatic hydroxyl groups is 1. The third-order valence-corrected chi connectivity index (χ3v) is 20.1. The summed E-state index contributed by atoms with van der Waals surface area (Å²) in [6.45, 7) is 5.88. The van der Waals surface area contributed by atoms with Crippen LogP contribution >= 0.6 is 0 Å². The summed E-state index contributed by atoms with van der Waals surface area (Å²) < 4.78 is 61.6. The van der Waals surface area contributed by atoms with Crippen LogP contribution < -0.4 is 50.0 Å². The molecule has 10 rings (SSSR count). The number of hydrogen-bond acceptors (Lipinski definition) is 20. The summed E-state index contributed by atoms with van der Waals surface area (Å²) >= 11 is 0. The zero-order valence-corrected chi connectivity index (χ0v) is 63.3. The average Bonchev–Trinajstić information content (AvgIpc) is 1.61. The molecule has 0 bridgehead atoms. The molecule has 26 nitrogen and oxygen atoms in total. The van der Waals surface area contributed by atoms with E-state index in [0.29, 0.717) is 106 Å². The lowest BCUT2D eigenvalue weighted by Crippen LogP contribution is -2.39. The van der Waals surface area contributed by atoms with E-state index in [2.05, 4.69) is 42.9 Å². The van der Waals surface area contributed by atoms with Crippen molar-refractivity contribution in [3.8, 4) is 23.0 Å². The number of methoxy groups -OCH3 is 4. The van der Waals surface area contributed by atoms with Crippen molar-refractivity contribution in [2.75, 3.05) is 55.1 Å². The van der Waals surface area contributed by atoms with Crippen LogP contribution in [0, 0.1) is 11.8 Å². The quantitative estimate of drug-likeness (QED) is 0.0142. The first-order chi connectivity index (χ1) is 51.7. The molecule has 27 heteroatoms. The molecular weight excluding hydrogens is 1410 g/mol.